The van der Waals surface area contributed by atoms with Gasteiger partial charge in [0.1, 0.15) is 0 Å². The van der Waals surface area contributed by atoms with Gasteiger partial charge in [0.25, 0.3) is 0 Å². The van der Waals surface area contributed by atoms with Crippen LogP contribution in [0.2, 0.25) is 0 Å². The Morgan fingerprint density at radius 2 is 0.812 bits per heavy atom. The lowest BCUT2D eigenvalue weighted by Gasteiger charge is -1.79. The zero-order valence-electron chi connectivity index (χ0n) is 8.93. The van der Waals surface area contributed by atoms with Crippen molar-refractivity contribution in [3.63, 3.8) is 0 Å². The number of aliphatic carboxylic acids is 2. The average Bonchev–Trinajstić information content (AvgIpc) is 2.03. The second-order valence-corrected chi connectivity index (χ2v) is 2.45. The Bertz CT molecular complexity index is 238. The van der Waals surface area contributed by atoms with Gasteiger partial charge in [-0.2, -0.15) is 0 Å². The molecule has 0 aliphatic rings. The number of carboxylic acids is 2. The Morgan fingerprint density at radius 1 is 0.750 bits per heavy atom. The van der Waals surface area contributed by atoms with Crippen LogP contribution in [-0.2, 0) is 9.59 Å². The third-order valence-corrected chi connectivity index (χ3v) is 0.730. The zero-order chi connectivity index (χ0) is 13.9. The molecule has 7 nitrogen and oxygen atoms in total. The van der Waals surface area contributed by atoms with Gasteiger partial charge in [0.05, 0.1) is 0 Å². The van der Waals surface area contributed by atoms with Gasteiger partial charge in [-0.15, -0.1) is 0 Å². The minimum atomic E-state index is -1.83. The van der Waals surface area contributed by atoms with E-state index in [9.17, 15) is 9.59 Å². The fourth-order valence-electron chi connectivity index (χ4n) is 0. The summed E-state index contributed by atoms with van der Waals surface area (Å²) in [6.07, 6.45) is -1.83. The lowest BCUT2D eigenvalue weighted by Crippen LogP contribution is -1.92. The van der Waals surface area contributed by atoms with Crippen LogP contribution < -0.4 is 0 Å². The number of rotatable bonds is 2. The van der Waals surface area contributed by atoms with Crippen molar-refractivity contribution in [1.82, 2.24) is 0 Å². The van der Waals surface area contributed by atoms with Gasteiger partial charge >= 0.3 is 18.1 Å². The minimum absolute atomic E-state index is 0.176. The summed E-state index contributed by atoms with van der Waals surface area (Å²) in [6.45, 7) is 9.20. The third kappa shape index (κ3) is 41.3. The molecule has 0 unspecified atom stereocenters. The van der Waals surface area contributed by atoms with Crippen LogP contribution in [0.3, 0.4) is 0 Å². The van der Waals surface area contributed by atoms with Crippen molar-refractivity contribution in [2.24, 2.45) is 0 Å². The van der Waals surface area contributed by atoms with Crippen LogP contribution in [0, 0.1) is 0 Å². The predicted octanol–water partition coefficient (Wildman–Crippen LogP) is 1.52. The van der Waals surface area contributed by atoms with Gasteiger partial charge in [0.15, 0.2) is 0 Å². The Hall–Kier alpha value is -2.31. The second kappa shape index (κ2) is 10.8. The van der Waals surface area contributed by atoms with Crippen molar-refractivity contribution in [2.45, 2.75) is 13.8 Å². The highest BCUT2D eigenvalue weighted by Crippen LogP contribution is 1.81. The largest absolute Gasteiger partial charge is 0.503 e. The molecule has 0 aromatic heterocycles. The maximum absolute atomic E-state index is 9.60. The van der Waals surface area contributed by atoms with Crippen LogP contribution >= 0.6 is 0 Å². The summed E-state index contributed by atoms with van der Waals surface area (Å²) in [4.78, 5) is 27.8. The highest BCUT2D eigenvalue weighted by Gasteiger charge is 1.90. The van der Waals surface area contributed by atoms with E-state index in [1.165, 1.54) is 13.8 Å². The van der Waals surface area contributed by atoms with Crippen LogP contribution in [0.4, 0.5) is 4.79 Å². The molecule has 0 heterocycles. The van der Waals surface area contributed by atoms with Crippen LogP contribution in [0.25, 0.3) is 0 Å². The van der Waals surface area contributed by atoms with E-state index < -0.39 is 18.1 Å². The van der Waals surface area contributed by atoms with Gasteiger partial charge in [-0.25, -0.2) is 14.4 Å². The summed E-state index contributed by atoms with van der Waals surface area (Å²) in [5.41, 5.74) is 0.352. The van der Waals surface area contributed by atoms with Crippen LogP contribution in [0.15, 0.2) is 24.3 Å². The highest BCUT2D eigenvalue weighted by molar-refractivity contribution is 5.85. The Morgan fingerprint density at radius 3 is 0.812 bits per heavy atom. The van der Waals surface area contributed by atoms with Gasteiger partial charge < -0.3 is 20.4 Å². The molecular formula is C9H14O7. The van der Waals surface area contributed by atoms with E-state index in [0.717, 1.165) is 0 Å². The number of hydrogen-bond donors (Lipinski definition) is 4. The molecule has 0 atom stereocenters. The molecule has 16 heavy (non-hydrogen) atoms. The minimum Gasteiger partial charge on any atom is -0.478 e. The molecule has 0 amide bonds. The normalized spacial score (nSPS) is 7.12. The maximum atomic E-state index is 9.60. The van der Waals surface area contributed by atoms with E-state index in [4.69, 9.17) is 25.2 Å². The first kappa shape index (κ1) is 19.3. The van der Waals surface area contributed by atoms with E-state index in [-0.39, 0.29) is 11.1 Å². The highest BCUT2D eigenvalue weighted by atomic mass is 16.6. The summed E-state index contributed by atoms with van der Waals surface area (Å²) in [7, 11) is 0. The molecule has 0 bridgehead atoms. The monoisotopic (exact) mass is 234 g/mol. The van der Waals surface area contributed by atoms with Crippen molar-refractivity contribution >= 4 is 18.1 Å². The molecule has 0 fully saturated rings. The SMILES string of the molecule is C=C(C)C(=O)O.C=C(C)C(=O)O.O=C(O)O. The Balaban J connectivity index is -0.000000162. The zero-order valence-corrected chi connectivity index (χ0v) is 8.93. The molecule has 0 aromatic carbocycles. The first-order valence-corrected chi connectivity index (χ1v) is 3.71. The molecular weight excluding hydrogens is 220 g/mol. The molecule has 0 aliphatic heterocycles. The van der Waals surface area contributed by atoms with Crippen molar-refractivity contribution in [3.05, 3.63) is 24.3 Å². The molecule has 0 aromatic rings. The summed E-state index contributed by atoms with van der Waals surface area (Å²) in [5, 5.41) is 29.7. The molecule has 0 aliphatic carbocycles. The van der Waals surface area contributed by atoms with E-state index in [1.54, 1.807) is 0 Å². The average molecular weight is 234 g/mol. The fraction of sp³-hybridized carbons (Fsp3) is 0.222. The van der Waals surface area contributed by atoms with Gasteiger partial charge in [-0.1, -0.05) is 13.2 Å². The Labute approximate surface area is 92.0 Å². The van der Waals surface area contributed by atoms with Gasteiger partial charge in [-0.3, -0.25) is 0 Å². The van der Waals surface area contributed by atoms with E-state index >= 15 is 0 Å². The van der Waals surface area contributed by atoms with E-state index in [0.29, 0.717) is 0 Å². The van der Waals surface area contributed by atoms with Crippen molar-refractivity contribution in [2.75, 3.05) is 0 Å². The summed E-state index contributed by atoms with van der Waals surface area (Å²) < 4.78 is 0. The van der Waals surface area contributed by atoms with E-state index in [2.05, 4.69) is 13.2 Å². The molecule has 0 radical (unpaired) electrons. The van der Waals surface area contributed by atoms with Crippen LogP contribution in [0.1, 0.15) is 13.8 Å². The smallest absolute Gasteiger partial charge is 0.478 e. The van der Waals surface area contributed by atoms with Gasteiger partial charge in [-0.05, 0) is 13.8 Å². The molecule has 4 N–H and O–H groups in total. The first-order valence-electron chi connectivity index (χ1n) is 3.71. The van der Waals surface area contributed by atoms with Crippen molar-refractivity contribution < 1.29 is 34.8 Å². The van der Waals surface area contributed by atoms with Gasteiger partial charge in [0, 0.05) is 11.1 Å². The first-order chi connectivity index (χ1) is 7.02. The number of carbonyl (C=O) groups is 3. The second-order valence-electron chi connectivity index (χ2n) is 2.45. The predicted molar refractivity (Wildman–Crippen MR) is 55.6 cm³/mol. The van der Waals surface area contributed by atoms with E-state index in [1.807, 2.05) is 0 Å². The van der Waals surface area contributed by atoms with Crippen LogP contribution in [0.5, 0.6) is 0 Å². The lowest BCUT2D eigenvalue weighted by molar-refractivity contribution is -0.133. The van der Waals surface area contributed by atoms with Crippen molar-refractivity contribution in [1.29, 1.82) is 0 Å². The molecule has 0 saturated carbocycles. The molecule has 92 valence electrons. The fourth-order valence-corrected chi connectivity index (χ4v) is 0. The quantitative estimate of drug-likeness (QED) is 0.532. The number of hydrogen-bond acceptors (Lipinski definition) is 3. The molecule has 0 saturated heterocycles. The molecule has 7 heteroatoms. The maximum Gasteiger partial charge on any atom is 0.503 e. The number of carboxylic acid groups (broad SMARTS) is 4. The summed E-state index contributed by atoms with van der Waals surface area (Å²) in [5.74, 6) is -1.87. The summed E-state index contributed by atoms with van der Waals surface area (Å²) in [6, 6.07) is 0. The van der Waals surface area contributed by atoms with Crippen LogP contribution in [-0.4, -0.2) is 38.5 Å². The summed E-state index contributed by atoms with van der Waals surface area (Å²) >= 11 is 0. The topological polar surface area (TPSA) is 132 Å². The lowest BCUT2D eigenvalue weighted by atomic mass is 10.4. The standard InChI is InChI=1S/2C4H6O2.CH2O3/c2*1-3(2)4(5)6;2-1(3)4/h2*1H2,2H3,(H,5,6);(H2,2,3,4). The Kier molecular flexibility index (Phi) is 13.0. The van der Waals surface area contributed by atoms with Crippen molar-refractivity contribution in [3.8, 4) is 0 Å². The molecule has 0 spiro atoms. The van der Waals surface area contributed by atoms with Gasteiger partial charge in [0.2, 0.25) is 0 Å². The molecule has 0 rings (SSSR count). The third-order valence-electron chi connectivity index (χ3n) is 0.730.